The maximum atomic E-state index is 11.2. The summed E-state index contributed by atoms with van der Waals surface area (Å²) >= 11 is 0. The number of nitrogens with zero attached hydrogens (tertiary/aromatic N) is 1. The molecule has 1 unspecified atom stereocenters. The number of rotatable bonds is 6. The molecule has 86 valence electrons. The second-order valence-corrected chi connectivity index (χ2v) is 3.07. The second kappa shape index (κ2) is 6.98. The Kier molecular flexibility index (Phi) is 6.33. The van der Waals surface area contributed by atoms with Crippen LogP contribution in [0.3, 0.4) is 0 Å². The first-order valence-electron chi connectivity index (χ1n) is 4.98. The third-order valence-corrected chi connectivity index (χ3v) is 1.86. The highest BCUT2D eigenvalue weighted by Crippen LogP contribution is 2.06. The number of nitrogens with two attached hydrogens (primary N) is 1. The fourth-order valence-electron chi connectivity index (χ4n) is 1.14. The van der Waals surface area contributed by atoms with E-state index in [-0.39, 0.29) is 18.0 Å². The van der Waals surface area contributed by atoms with Gasteiger partial charge >= 0.3 is 5.97 Å². The maximum Gasteiger partial charge on any atom is 0.306 e. The number of amidine groups is 1. The van der Waals surface area contributed by atoms with Gasteiger partial charge in [-0.15, -0.1) is 0 Å². The van der Waals surface area contributed by atoms with E-state index in [0.717, 1.165) is 0 Å². The third kappa shape index (κ3) is 5.15. The first-order chi connectivity index (χ1) is 7.02. The van der Waals surface area contributed by atoms with Gasteiger partial charge in [-0.2, -0.15) is 0 Å². The summed E-state index contributed by atoms with van der Waals surface area (Å²) in [4.78, 5) is 26.3. The van der Waals surface area contributed by atoms with E-state index in [1.807, 2.05) is 6.92 Å². The van der Waals surface area contributed by atoms with Crippen LogP contribution in [0.15, 0.2) is 4.99 Å². The Bertz CT molecular complexity index is 261. The molecule has 0 saturated heterocycles. The topological polar surface area (TPSA) is 81.8 Å². The first kappa shape index (κ1) is 13.6. The Morgan fingerprint density at radius 3 is 2.40 bits per heavy atom. The molecule has 0 aromatic carbocycles. The SMILES string of the molecule is CCN=C(N)C(CC(=O)OCC)C(C)=O. The zero-order valence-corrected chi connectivity index (χ0v) is 9.45. The molecule has 0 aliphatic carbocycles. The molecule has 0 spiro atoms. The van der Waals surface area contributed by atoms with E-state index in [1.54, 1.807) is 6.92 Å². The first-order valence-corrected chi connectivity index (χ1v) is 4.98. The average Bonchev–Trinajstić information content (AvgIpc) is 2.14. The lowest BCUT2D eigenvalue weighted by molar-refractivity contribution is -0.145. The van der Waals surface area contributed by atoms with Gasteiger partial charge in [0, 0.05) is 6.54 Å². The summed E-state index contributed by atoms with van der Waals surface area (Å²) in [5.41, 5.74) is 5.60. The highest BCUT2D eigenvalue weighted by atomic mass is 16.5. The van der Waals surface area contributed by atoms with E-state index >= 15 is 0 Å². The number of hydrogen-bond donors (Lipinski definition) is 1. The van der Waals surface area contributed by atoms with Crippen molar-refractivity contribution in [1.82, 2.24) is 0 Å². The molecule has 0 radical (unpaired) electrons. The lowest BCUT2D eigenvalue weighted by Gasteiger charge is -2.12. The largest absolute Gasteiger partial charge is 0.466 e. The van der Waals surface area contributed by atoms with E-state index < -0.39 is 11.9 Å². The molecule has 5 heteroatoms. The Balaban J connectivity index is 4.48. The van der Waals surface area contributed by atoms with Gasteiger partial charge in [0.05, 0.1) is 18.9 Å². The number of ketones is 1. The van der Waals surface area contributed by atoms with Crippen LogP contribution in [0.5, 0.6) is 0 Å². The molecule has 15 heavy (non-hydrogen) atoms. The monoisotopic (exact) mass is 214 g/mol. The van der Waals surface area contributed by atoms with Gasteiger partial charge in [0.1, 0.15) is 11.6 Å². The van der Waals surface area contributed by atoms with Crippen molar-refractivity contribution in [1.29, 1.82) is 0 Å². The van der Waals surface area contributed by atoms with Crippen molar-refractivity contribution in [3.63, 3.8) is 0 Å². The van der Waals surface area contributed by atoms with Gasteiger partial charge in [0.2, 0.25) is 0 Å². The van der Waals surface area contributed by atoms with Crippen LogP contribution in [0.2, 0.25) is 0 Å². The summed E-state index contributed by atoms with van der Waals surface area (Å²) in [6.07, 6.45) is -0.0293. The van der Waals surface area contributed by atoms with Crippen molar-refractivity contribution < 1.29 is 14.3 Å². The van der Waals surface area contributed by atoms with Crippen LogP contribution in [-0.2, 0) is 14.3 Å². The van der Waals surface area contributed by atoms with Gasteiger partial charge < -0.3 is 10.5 Å². The molecule has 1 atom stereocenters. The number of ether oxygens (including phenoxy) is 1. The fourth-order valence-corrected chi connectivity index (χ4v) is 1.14. The molecule has 0 fully saturated rings. The summed E-state index contributed by atoms with van der Waals surface area (Å²) in [5.74, 6) is -1.04. The van der Waals surface area contributed by atoms with Crippen molar-refractivity contribution in [3.05, 3.63) is 0 Å². The van der Waals surface area contributed by atoms with Crippen molar-refractivity contribution in [2.45, 2.75) is 27.2 Å². The lowest BCUT2D eigenvalue weighted by atomic mass is 10.00. The van der Waals surface area contributed by atoms with Crippen molar-refractivity contribution in [2.75, 3.05) is 13.2 Å². The number of aliphatic imine (C=N–C) groups is 1. The van der Waals surface area contributed by atoms with Crippen LogP contribution < -0.4 is 5.73 Å². The molecule has 0 aromatic heterocycles. The van der Waals surface area contributed by atoms with E-state index in [9.17, 15) is 9.59 Å². The van der Waals surface area contributed by atoms with Crippen molar-refractivity contribution in [2.24, 2.45) is 16.6 Å². The van der Waals surface area contributed by atoms with Crippen LogP contribution in [0.4, 0.5) is 0 Å². The van der Waals surface area contributed by atoms with Crippen LogP contribution in [0.25, 0.3) is 0 Å². The summed E-state index contributed by atoms with van der Waals surface area (Å²) in [5, 5.41) is 0. The molecule has 0 aliphatic heterocycles. The molecule has 2 N–H and O–H groups in total. The Morgan fingerprint density at radius 1 is 1.40 bits per heavy atom. The summed E-state index contributed by atoms with van der Waals surface area (Å²) in [6, 6.07) is 0. The van der Waals surface area contributed by atoms with E-state index in [1.165, 1.54) is 6.92 Å². The highest BCUT2D eigenvalue weighted by molar-refractivity contribution is 6.04. The molecular weight excluding hydrogens is 196 g/mol. The van der Waals surface area contributed by atoms with Crippen LogP contribution >= 0.6 is 0 Å². The molecule has 0 saturated carbocycles. The zero-order chi connectivity index (χ0) is 11.8. The van der Waals surface area contributed by atoms with E-state index in [4.69, 9.17) is 10.5 Å². The fraction of sp³-hybridized carbons (Fsp3) is 0.700. The predicted octanol–water partition coefficient (Wildman–Crippen LogP) is 0.522. The zero-order valence-electron chi connectivity index (χ0n) is 9.45. The van der Waals surface area contributed by atoms with Gasteiger partial charge in [0.15, 0.2) is 0 Å². The summed E-state index contributed by atoms with van der Waals surface area (Å²) in [6.45, 7) is 5.72. The molecule has 5 nitrogen and oxygen atoms in total. The predicted molar refractivity (Wildman–Crippen MR) is 57.6 cm³/mol. The van der Waals surface area contributed by atoms with E-state index in [0.29, 0.717) is 13.2 Å². The Morgan fingerprint density at radius 2 is 2.00 bits per heavy atom. The van der Waals surface area contributed by atoms with Crippen LogP contribution in [-0.4, -0.2) is 30.7 Å². The number of carbonyl (C=O) groups excluding carboxylic acids is 2. The van der Waals surface area contributed by atoms with Gasteiger partial charge in [-0.25, -0.2) is 0 Å². The molecule has 0 aromatic rings. The molecule has 0 rings (SSSR count). The minimum Gasteiger partial charge on any atom is -0.466 e. The minimum atomic E-state index is -0.649. The number of hydrogen-bond acceptors (Lipinski definition) is 4. The van der Waals surface area contributed by atoms with Crippen molar-refractivity contribution >= 4 is 17.6 Å². The maximum absolute atomic E-state index is 11.2. The molecule has 0 heterocycles. The van der Waals surface area contributed by atoms with Gasteiger partial charge in [0.25, 0.3) is 0 Å². The highest BCUT2D eigenvalue weighted by Gasteiger charge is 2.22. The lowest BCUT2D eigenvalue weighted by Crippen LogP contribution is -2.32. The smallest absolute Gasteiger partial charge is 0.306 e. The number of Topliss-reactive ketones (excluding diaryl/α,β-unsaturated/α-hetero) is 1. The molecule has 0 bridgehead atoms. The summed E-state index contributed by atoms with van der Waals surface area (Å²) in [7, 11) is 0. The van der Waals surface area contributed by atoms with Gasteiger partial charge in [-0.05, 0) is 20.8 Å². The second-order valence-electron chi connectivity index (χ2n) is 3.07. The molecular formula is C10H18N2O3. The summed E-state index contributed by atoms with van der Waals surface area (Å²) < 4.78 is 4.75. The number of carbonyl (C=O) groups is 2. The van der Waals surface area contributed by atoms with Gasteiger partial charge in [-0.1, -0.05) is 0 Å². The molecule has 0 aliphatic rings. The normalized spacial score (nSPS) is 13.4. The number of esters is 1. The third-order valence-electron chi connectivity index (χ3n) is 1.86. The average molecular weight is 214 g/mol. The van der Waals surface area contributed by atoms with Crippen LogP contribution in [0, 0.1) is 5.92 Å². The standard InChI is InChI=1S/C10H18N2O3/c1-4-12-10(11)8(7(3)13)6-9(14)15-5-2/h8H,4-6H2,1-3H3,(H2,11,12). The van der Waals surface area contributed by atoms with Crippen molar-refractivity contribution in [3.8, 4) is 0 Å². The molecule has 0 amide bonds. The quantitative estimate of drug-likeness (QED) is 0.397. The minimum absolute atomic E-state index is 0.0293. The Labute approximate surface area is 89.7 Å². The van der Waals surface area contributed by atoms with E-state index in [2.05, 4.69) is 4.99 Å². The Hall–Kier alpha value is -1.39. The van der Waals surface area contributed by atoms with Gasteiger partial charge in [-0.3, -0.25) is 14.6 Å². The van der Waals surface area contributed by atoms with Crippen LogP contribution in [0.1, 0.15) is 27.2 Å².